The van der Waals surface area contributed by atoms with Gasteiger partial charge >= 0.3 is 5.97 Å². The Morgan fingerprint density at radius 1 is 1.07 bits per heavy atom. The molecule has 0 aliphatic carbocycles. The summed E-state index contributed by atoms with van der Waals surface area (Å²) in [6.07, 6.45) is 3.85. The van der Waals surface area contributed by atoms with Gasteiger partial charge in [0.15, 0.2) is 0 Å². The molecule has 1 amide bonds. The van der Waals surface area contributed by atoms with E-state index in [1.54, 1.807) is 0 Å². The lowest BCUT2D eigenvalue weighted by atomic mass is 9.90. The fourth-order valence-corrected chi connectivity index (χ4v) is 4.40. The van der Waals surface area contributed by atoms with Gasteiger partial charge < -0.3 is 20.3 Å². The Balaban J connectivity index is 1.43. The van der Waals surface area contributed by atoms with Crippen molar-refractivity contribution in [1.82, 2.24) is 4.90 Å². The van der Waals surface area contributed by atoms with E-state index in [1.807, 2.05) is 43.0 Å². The maximum atomic E-state index is 13.0. The van der Waals surface area contributed by atoms with Crippen molar-refractivity contribution in [2.45, 2.75) is 52.1 Å². The van der Waals surface area contributed by atoms with Crippen LogP contribution in [0.3, 0.4) is 0 Å². The summed E-state index contributed by atoms with van der Waals surface area (Å²) in [4.78, 5) is 29.1. The second-order valence-electron chi connectivity index (χ2n) is 8.73. The van der Waals surface area contributed by atoms with Gasteiger partial charge in [0.1, 0.15) is 5.84 Å². The molecule has 2 heterocycles. The first kappa shape index (κ1) is 22.1. The second kappa shape index (κ2) is 9.96. The summed E-state index contributed by atoms with van der Waals surface area (Å²) in [5.41, 5.74) is 7.36. The van der Waals surface area contributed by atoms with E-state index in [9.17, 15) is 9.59 Å². The molecule has 0 unspecified atom stereocenters. The van der Waals surface area contributed by atoms with Gasteiger partial charge in [-0.25, -0.2) is 0 Å². The maximum absolute atomic E-state index is 13.0. The van der Waals surface area contributed by atoms with Gasteiger partial charge in [-0.15, -0.1) is 0 Å². The molecule has 7 nitrogen and oxygen atoms in total. The summed E-state index contributed by atoms with van der Waals surface area (Å²) in [5, 5.41) is 7.49. The van der Waals surface area contributed by atoms with Gasteiger partial charge in [-0.05, 0) is 69.7 Å². The maximum Gasteiger partial charge on any atom is 0.306 e. The topological polar surface area (TPSA) is 99.7 Å². The smallest absolute Gasteiger partial charge is 0.306 e. The fraction of sp³-hybridized carbons (Fsp3) is 0.609. The molecule has 0 aromatic heterocycles. The predicted octanol–water partition coefficient (Wildman–Crippen LogP) is 2.77. The summed E-state index contributed by atoms with van der Waals surface area (Å²) in [6, 6.07) is 7.73. The minimum Gasteiger partial charge on any atom is -0.463 e. The average molecular weight is 415 g/mol. The van der Waals surface area contributed by atoms with Gasteiger partial charge in [0, 0.05) is 49.8 Å². The Morgan fingerprint density at radius 2 is 1.67 bits per heavy atom. The van der Waals surface area contributed by atoms with Crippen LogP contribution >= 0.6 is 0 Å². The van der Waals surface area contributed by atoms with Crippen molar-refractivity contribution in [2.24, 2.45) is 17.6 Å². The highest BCUT2D eigenvalue weighted by molar-refractivity contribution is 5.95. The third kappa shape index (κ3) is 5.74. The molecule has 30 heavy (non-hydrogen) atoms. The summed E-state index contributed by atoms with van der Waals surface area (Å²) in [5.74, 6) is 0.620. The third-order valence-corrected chi connectivity index (χ3v) is 6.14. The number of hydrogen-bond acceptors (Lipinski definition) is 5. The van der Waals surface area contributed by atoms with Gasteiger partial charge in [0.05, 0.1) is 6.10 Å². The van der Waals surface area contributed by atoms with E-state index in [4.69, 9.17) is 15.9 Å². The van der Waals surface area contributed by atoms with Crippen LogP contribution < -0.4 is 10.6 Å². The predicted molar refractivity (Wildman–Crippen MR) is 118 cm³/mol. The zero-order valence-electron chi connectivity index (χ0n) is 18.1. The molecule has 7 heteroatoms. The highest BCUT2D eigenvalue weighted by Gasteiger charge is 2.31. The van der Waals surface area contributed by atoms with E-state index in [0.29, 0.717) is 12.3 Å². The number of hydrogen-bond donors (Lipinski definition) is 2. The van der Waals surface area contributed by atoms with Gasteiger partial charge in [-0.3, -0.25) is 15.0 Å². The number of rotatable bonds is 6. The van der Waals surface area contributed by atoms with Crippen LogP contribution in [0.15, 0.2) is 24.3 Å². The van der Waals surface area contributed by atoms with Gasteiger partial charge in [-0.1, -0.05) is 0 Å². The summed E-state index contributed by atoms with van der Waals surface area (Å²) in [6.45, 7) is 6.92. The van der Waals surface area contributed by atoms with E-state index in [0.717, 1.165) is 63.1 Å². The lowest BCUT2D eigenvalue weighted by Gasteiger charge is -2.38. The number of ether oxygens (including phenoxy) is 1. The van der Waals surface area contributed by atoms with E-state index >= 15 is 0 Å². The molecule has 164 valence electrons. The van der Waals surface area contributed by atoms with E-state index in [2.05, 4.69) is 4.90 Å². The van der Waals surface area contributed by atoms with E-state index in [1.165, 1.54) is 0 Å². The number of nitrogen functional groups attached to an aromatic ring is 1. The van der Waals surface area contributed by atoms with Crippen LogP contribution in [0.2, 0.25) is 0 Å². The number of amides is 1. The number of nitrogens with zero attached hydrogens (tertiary/aromatic N) is 2. The standard InChI is InChI=1S/C23H34N4O3/c1-16(2)30-21(28)15-17-7-11-27(12-8-17)23(29)19-9-13-26(14-10-19)20-5-3-18(4-6-20)22(24)25/h3-6,16-17,19H,7-15H2,1-2H3,(H3,24,25). The number of anilines is 1. The molecular formula is C23H34N4O3. The highest BCUT2D eigenvalue weighted by Crippen LogP contribution is 2.27. The van der Waals surface area contributed by atoms with Gasteiger partial charge in [-0.2, -0.15) is 0 Å². The Kier molecular flexibility index (Phi) is 7.34. The van der Waals surface area contributed by atoms with Crippen molar-refractivity contribution >= 4 is 23.4 Å². The number of nitrogens with one attached hydrogen (secondary N) is 1. The first-order chi connectivity index (χ1) is 14.3. The SMILES string of the molecule is CC(C)OC(=O)CC1CCN(C(=O)C2CCN(c3ccc(C(=N)N)cc3)CC2)CC1. The number of nitrogens with two attached hydrogens (primary N) is 1. The summed E-state index contributed by atoms with van der Waals surface area (Å²) in [7, 11) is 0. The molecule has 2 aliphatic rings. The lowest BCUT2D eigenvalue weighted by Crippen LogP contribution is -2.45. The molecule has 3 N–H and O–H groups in total. The fourth-order valence-electron chi connectivity index (χ4n) is 4.40. The molecule has 1 aromatic rings. The van der Waals surface area contributed by atoms with Crippen LogP contribution in [0, 0.1) is 17.2 Å². The molecule has 0 spiro atoms. The number of amidine groups is 1. The first-order valence-corrected chi connectivity index (χ1v) is 11.0. The molecule has 2 fully saturated rings. The van der Waals surface area contributed by atoms with Crippen molar-refractivity contribution in [2.75, 3.05) is 31.1 Å². The Morgan fingerprint density at radius 3 is 2.20 bits per heavy atom. The van der Waals surface area contributed by atoms with E-state index < -0.39 is 0 Å². The molecule has 2 aliphatic heterocycles. The zero-order chi connectivity index (χ0) is 21.7. The average Bonchev–Trinajstić information content (AvgIpc) is 2.73. The number of benzene rings is 1. The van der Waals surface area contributed by atoms with Crippen LogP contribution in [-0.2, 0) is 14.3 Å². The second-order valence-corrected chi connectivity index (χ2v) is 8.73. The first-order valence-electron chi connectivity index (χ1n) is 11.0. The molecular weight excluding hydrogens is 380 g/mol. The van der Waals surface area contributed by atoms with Crippen LogP contribution in [0.4, 0.5) is 5.69 Å². The van der Waals surface area contributed by atoms with Crippen LogP contribution in [0.5, 0.6) is 0 Å². The Hall–Kier alpha value is -2.57. The van der Waals surface area contributed by atoms with Crippen molar-refractivity contribution in [3.63, 3.8) is 0 Å². The summed E-state index contributed by atoms with van der Waals surface area (Å²) < 4.78 is 5.25. The molecule has 1 aromatic carbocycles. The number of likely N-dealkylation sites (tertiary alicyclic amines) is 1. The highest BCUT2D eigenvalue weighted by atomic mass is 16.5. The van der Waals surface area contributed by atoms with Crippen molar-refractivity contribution in [1.29, 1.82) is 5.41 Å². The molecule has 0 atom stereocenters. The molecule has 3 rings (SSSR count). The molecule has 0 saturated carbocycles. The minimum absolute atomic E-state index is 0.0721. The monoisotopic (exact) mass is 414 g/mol. The van der Waals surface area contributed by atoms with E-state index in [-0.39, 0.29) is 29.7 Å². The largest absolute Gasteiger partial charge is 0.463 e. The third-order valence-electron chi connectivity index (χ3n) is 6.14. The van der Waals surface area contributed by atoms with Crippen molar-refractivity contribution in [3.05, 3.63) is 29.8 Å². The number of piperidine rings is 2. The normalized spacial score (nSPS) is 18.5. The Bertz CT molecular complexity index is 746. The lowest BCUT2D eigenvalue weighted by molar-refractivity contribution is -0.149. The molecule has 0 bridgehead atoms. The Labute approximate surface area is 179 Å². The van der Waals surface area contributed by atoms with Crippen molar-refractivity contribution in [3.8, 4) is 0 Å². The number of esters is 1. The van der Waals surface area contributed by atoms with Gasteiger partial charge in [0.25, 0.3) is 0 Å². The quantitative estimate of drug-likeness (QED) is 0.424. The molecule has 0 radical (unpaired) electrons. The van der Waals surface area contributed by atoms with Crippen LogP contribution in [0.1, 0.15) is 51.5 Å². The number of carbonyl (C=O) groups excluding carboxylic acids is 2. The summed E-state index contributed by atoms with van der Waals surface area (Å²) >= 11 is 0. The number of carbonyl (C=O) groups is 2. The van der Waals surface area contributed by atoms with Crippen LogP contribution in [0.25, 0.3) is 0 Å². The van der Waals surface area contributed by atoms with Crippen LogP contribution in [-0.4, -0.2) is 54.9 Å². The van der Waals surface area contributed by atoms with Gasteiger partial charge in [0.2, 0.25) is 5.91 Å². The van der Waals surface area contributed by atoms with Crippen molar-refractivity contribution < 1.29 is 14.3 Å². The zero-order valence-corrected chi connectivity index (χ0v) is 18.1. The minimum atomic E-state index is -0.126. The molecule has 2 saturated heterocycles.